The maximum atomic E-state index is 13.0. The Morgan fingerprint density at radius 2 is 2.05 bits per heavy atom. The lowest BCUT2D eigenvalue weighted by atomic mass is 9.98. The van der Waals surface area contributed by atoms with E-state index in [1.165, 1.54) is 24.4 Å². The molecule has 2 aromatic rings. The molecule has 1 aromatic heterocycles. The van der Waals surface area contributed by atoms with Gasteiger partial charge >= 0.3 is 5.97 Å². The van der Waals surface area contributed by atoms with E-state index in [9.17, 15) is 9.18 Å². The summed E-state index contributed by atoms with van der Waals surface area (Å²) in [5.41, 5.74) is 2.44. The van der Waals surface area contributed by atoms with Crippen LogP contribution in [0.25, 0.3) is 11.1 Å². The number of aryl methyl sites for hydroxylation is 1. The molecule has 0 aliphatic rings. The highest BCUT2D eigenvalue weighted by Crippen LogP contribution is 2.25. The Labute approximate surface area is 109 Å². The fourth-order valence-electron chi connectivity index (χ4n) is 1.89. The topological polar surface area (TPSA) is 70.4 Å². The number of rotatable bonds is 3. The average Bonchev–Trinajstić information content (AvgIpc) is 2.38. The van der Waals surface area contributed by atoms with E-state index in [1.54, 1.807) is 13.0 Å². The molecule has 1 aromatic carbocycles. The van der Waals surface area contributed by atoms with Crippen LogP contribution < -0.4 is 0 Å². The van der Waals surface area contributed by atoms with Gasteiger partial charge in [-0.3, -0.25) is 0 Å². The van der Waals surface area contributed by atoms with E-state index < -0.39 is 11.9 Å². The number of nitrogens with zero attached hydrogens (tertiary/aromatic N) is 1. The van der Waals surface area contributed by atoms with Crippen LogP contribution in [-0.4, -0.2) is 21.2 Å². The normalized spacial score (nSPS) is 10.5. The molecule has 0 bridgehead atoms. The zero-order chi connectivity index (χ0) is 14.0. The summed E-state index contributed by atoms with van der Waals surface area (Å²) in [5.74, 6) is -1.66. The molecule has 0 aliphatic carbocycles. The first-order chi connectivity index (χ1) is 9.01. The number of halogens is 1. The van der Waals surface area contributed by atoms with Gasteiger partial charge in [0, 0.05) is 11.8 Å². The minimum Gasteiger partial charge on any atom is -0.478 e. The molecule has 4 nitrogen and oxygen atoms in total. The molecule has 0 amide bonds. The fraction of sp³-hybridized carbons (Fsp3) is 0.143. The Morgan fingerprint density at radius 1 is 1.32 bits per heavy atom. The number of benzene rings is 1. The van der Waals surface area contributed by atoms with Gasteiger partial charge in [0.15, 0.2) is 0 Å². The van der Waals surface area contributed by atoms with Crippen LogP contribution in [0.1, 0.15) is 21.5 Å². The van der Waals surface area contributed by atoms with E-state index in [-0.39, 0.29) is 12.2 Å². The number of aromatic nitrogens is 1. The fourth-order valence-corrected chi connectivity index (χ4v) is 1.89. The number of hydrogen-bond donors (Lipinski definition) is 2. The van der Waals surface area contributed by atoms with Gasteiger partial charge in [-0.15, -0.1) is 0 Å². The molecular weight excluding hydrogens is 249 g/mol. The lowest BCUT2D eigenvalue weighted by molar-refractivity contribution is 0.0696. The van der Waals surface area contributed by atoms with Crippen LogP contribution in [0.5, 0.6) is 0 Å². The van der Waals surface area contributed by atoms with Crippen molar-refractivity contribution >= 4 is 5.97 Å². The maximum absolute atomic E-state index is 13.0. The van der Waals surface area contributed by atoms with Gasteiger partial charge in [0.05, 0.1) is 12.2 Å². The smallest absolute Gasteiger partial charge is 0.335 e. The van der Waals surface area contributed by atoms with Crippen molar-refractivity contribution in [2.75, 3.05) is 0 Å². The first-order valence-electron chi connectivity index (χ1n) is 5.62. The molecule has 0 unspecified atom stereocenters. The summed E-state index contributed by atoms with van der Waals surface area (Å²) in [5, 5.41) is 18.2. The SMILES string of the molecule is Cc1cc(F)ncc1-c1cc(CO)cc(C(=O)O)c1. The predicted octanol–water partition coefficient (Wildman–Crippen LogP) is 2.39. The summed E-state index contributed by atoms with van der Waals surface area (Å²) in [6.45, 7) is 1.45. The van der Waals surface area contributed by atoms with Crippen LogP contribution in [0.3, 0.4) is 0 Å². The highest BCUT2D eigenvalue weighted by Gasteiger charge is 2.10. The molecule has 0 aliphatic heterocycles. The first-order valence-corrected chi connectivity index (χ1v) is 5.62. The van der Waals surface area contributed by atoms with Gasteiger partial charge in [-0.25, -0.2) is 9.78 Å². The molecule has 0 spiro atoms. The number of carboxylic acid groups (broad SMARTS) is 1. The van der Waals surface area contributed by atoms with E-state index in [2.05, 4.69) is 4.98 Å². The molecule has 98 valence electrons. The van der Waals surface area contributed by atoms with Gasteiger partial charge in [-0.05, 0) is 47.9 Å². The lowest BCUT2D eigenvalue weighted by Crippen LogP contribution is -1.99. The van der Waals surface area contributed by atoms with Gasteiger partial charge in [-0.1, -0.05) is 0 Å². The Morgan fingerprint density at radius 3 is 2.63 bits per heavy atom. The van der Waals surface area contributed by atoms with E-state index >= 15 is 0 Å². The number of aliphatic hydroxyl groups is 1. The zero-order valence-electron chi connectivity index (χ0n) is 10.2. The minimum atomic E-state index is -1.08. The summed E-state index contributed by atoms with van der Waals surface area (Å²) in [6.07, 6.45) is 1.35. The van der Waals surface area contributed by atoms with Crippen LogP contribution in [0.15, 0.2) is 30.5 Å². The van der Waals surface area contributed by atoms with Crippen LogP contribution in [0.4, 0.5) is 4.39 Å². The highest BCUT2D eigenvalue weighted by atomic mass is 19.1. The number of aliphatic hydroxyl groups excluding tert-OH is 1. The first kappa shape index (κ1) is 13.2. The Bertz CT molecular complexity index is 641. The average molecular weight is 261 g/mol. The monoisotopic (exact) mass is 261 g/mol. The van der Waals surface area contributed by atoms with Crippen molar-refractivity contribution in [2.45, 2.75) is 13.5 Å². The Balaban J connectivity index is 2.60. The van der Waals surface area contributed by atoms with Crippen LogP contribution >= 0.6 is 0 Å². The minimum absolute atomic E-state index is 0.0743. The molecular formula is C14H12FNO3. The van der Waals surface area contributed by atoms with Crippen molar-refractivity contribution in [1.29, 1.82) is 0 Å². The Hall–Kier alpha value is -2.27. The van der Waals surface area contributed by atoms with Crippen LogP contribution in [-0.2, 0) is 6.61 Å². The molecule has 0 radical (unpaired) electrons. The third kappa shape index (κ3) is 2.77. The van der Waals surface area contributed by atoms with Crippen LogP contribution in [0, 0.1) is 12.9 Å². The van der Waals surface area contributed by atoms with Crippen molar-refractivity contribution in [1.82, 2.24) is 4.98 Å². The number of carboxylic acids is 1. The van der Waals surface area contributed by atoms with Crippen molar-refractivity contribution in [3.05, 3.63) is 53.1 Å². The predicted molar refractivity (Wildman–Crippen MR) is 67.3 cm³/mol. The van der Waals surface area contributed by atoms with E-state index in [4.69, 9.17) is 10.2 Å². The zero-order valence-corrected chi connectivity index (χ0v) is 10.2. The van der Waals surface area contributed by atoms with E-state index in [0.29, 0.717) is 22.3 Å². The largest absolute Gasteiger partial charge is 0.478 e. The van der Waals surface area contributed by atoms with E-state index in [0.717, 1.165) is 0 Å². The molecule has 0 saturated carbocycles. The summed E-state index contributed by atoms with van der Waals surface area (Å²) < 4.78 is 13.0. The molecule has 0 saturated heterocycles. The molecule has 0 fully saturated rings. The van der Waals surface area contributed by atoms with E-state index in [1.807, 2.05) is 0 Å². The van der Waals surface area contributed by atoms with Gasteiger partial charge in [0.1, 0.15) is 0 Å². The number of carbonyl (C=O) groups is 1. The molecule has 1 heterocycles. The summed E-state index contributed by atoms with van der Waals surface area (Å²) in [4.78, 5) is 14.6. The molecule has 2 rings (SSSR count). The van der Waals surface area contributed by atoms with Gasteiger partial charge in [0.25, 0.3) is 0 Å². The molecule has 2 N–H and O–H groups in total. The van der Waals surface area contributed by atoms with Crippen molar-refractivity contribution in [3.63, 3.8) is 0 Å². The van der Waals surface area contributed by atoms with Crippen LogP contribution in [0.2, 0.25) is 0 Å². The second-order valence-corrected chi connectivity index (χ2v) is 4.20. The second-order valence-electron chi connectivity index (χ2n) is 4.20. The third-order valence-electron chi connectivity index (χ3n) is 2.81. The van der Waals surface area contributed by atoms with Crippen molar-refractivity contribution < 1.29 is 19.4 Å². The summed E-state index contributed by atoms with van der Waals surface area (Å²) >= 11 is 0. The van der Waals surface area contributed by atoms with Gasteiger partial charge in [-0.2, -0.15) is 4.39 Å². The van der Waals surface area contributed by atoms with Gasteiger partial charge < -0.3 is 10.2 Å². The highest BCUT2D eigenvalue weighted by molar-refractivity contribution is 5.90. The number of hydrogen-bond acceptors (Lipinski definition) is 3. The maximum Gasteiger partial charge on any atom is 0.335 e. The van der Waals surface area contributed by atoms with Gasteiger partial charge in [0.2, 0.25) is 5.95 Å². The molecule has 0 atom stereocenters. The van der Waals surface area contributed by atoms with Crippen molar-refractivity contribution in [2.24, 2.45) is 0 Å². The molecule has 19 heavy (non-hydrogen) atoms. The summed E-state index contributed by atoms with van der Waals surface area (Å²) in [6, 6.07) is 5.82. The number of pyridine rings is 1. The van der Waals surface area contributed by atoms with Crippen molar-refractivity contribution in [3.8, 4) is 11.1 Å². The third-order valence-corrected chi connectivity index (χ3v) is 2.81. The standard InChI is InChI=1S/C14H12FNO3/c1-8-2-13(15)16-6-12(8)10-3-9(7-17)4-11(5-10)14(18)19/h2-6,17H,7H2,1H3,(H,18,19). The number of aromatic carboxylic acids is 1. The molecule has 5 heteroatoms. The quantitative estimate of drug-likeness (QED) is 0.832. The second kappa shape index (κ2) is 5.16. The Kier molecular flexibility index (Phi) is 3.57. The summed E-state index contributed by atoms with van der Waals surface area (Å²) in [7, 11) is 0. The lowest BCUT2D eigenvalue weighted by Gasteiger charge is -2.09.